The van der Waals surface area contributed by atoms with Crippen molar-refractivity contribution >= 4 is 23.7 Å². The highest BCUT2D eigenvalue weighted by atomic mass is 35.5. The summed E-state index contributed by atoms with van der Waals surface area (Å²) in [5.74, 6) is -0.941. The molecule has 1 atom stereocenters. The lowest BCUT2D eigenvalue weighted by Crippen LogP contribution is -2.19. The smallest absolute Gasteiger partial charge is 0.320 e. The summed E-state index contributed by atoms with van der Waals surface area (Å²) >= 11 is 1.30. The Balaban J connectivity index is 0.00000180. The molecule has 0 aliphatic heterocycles. The predicted molar refractivity (Wildman–Crippen MR) is 69.0 cm³/mol. The van der Waals surface area contributed by atoms with Crippen LogP contribution in [0.3, 0.4) is 0 Å². The van der Waals surface area contributed by atoms with Crippen molar-refractivity contribution in [2.45, 2.75) is 12.2 Å². The van der Waals surface area contributed by atoms with Crippen LogP contribution >= 0.6 is 23.7 Å². The molecule has 0 amide bonds. The van der Waals surface area contributed by atoms with Gasteiger partial charge in [0, 0.05) is 5.56 Å². The monoisotopic (exact) mass is 311 g/mol. The molecule has 0 saturated heterocycles. The van der Waals surface area contributed by atoms with Crippen LogP contribution in [-0.2, 0) is 6.18 Å². The third kappa shape index (κ3) is 3.26. The molecular weight excluding hydrogens is 302 g/mol. The molecule has 0 fully saturated rings. The van der Waals surface area contributed by atoms with E-state index in [1.165, 1.54) is 11.3 Å². The van der Waals surface area contributed by atoms with E-state index in [1.807, 2.05) is 0 Å². The average Bonchev–Trinajstić information content (AvgIpc) is 2.80. The van der Waals surface area contributed by atoms with Crippen molar-refractivity contribution < 1.29 is 17.6 Å². The van der Waals surface area contributed by atoms with E-state index in [0.29, 0.717) is 5.56 Å². The van der Waals surface area contributed by atoms with Gasteiger partial charge in [0.15, 0.2) is 0 Å². The molecule has 2 aromatic rings. The van der Waals surface area contributed by atoms with Gasteiger partial charge in [-0.2, -0.15) is 24.5 Å². The minimum absolute atomic E-state index is 0. The van der Waals surface area contributed by atoms with E-state index in [1.54, 1.807) is 16.8 Å². The molecule has 0 spiro atoms. The first-order chi connectivity index (χ1) is 8.41. The largest absolute Gasteiger partial charge is 0.416 e. The quantitative estimate of drug-likeness (QED) is 0.819. The summed E-state index contributed by atoms with van der Waals surface area (Å²) < 4.78 is 52.1. The Morgan fingerprint density at radius 3 is 2.37 bits per heavy atom. The second-order valence-corrected chi connectivity index (χ2v) is 4.51. The van der Waals surface area contributed by atoms with Gasteiger partial charge < -0.3 is 5.73 Å². The molecule has 1 aromatic heterocycles. The van der Waals surface area contributed by atoms with E-state index in [2.05, 4.69) is 0 Å². The van der Waals surface area contributed by atoms with Crippen LogP contribution in [0.25, 0.3) is 0 Å². The van der Waals surface area contributed by atoms with Gasteiger partial charge in [-0.25, -0.2) is 4.39 Å². The van der Waals surface area contributed by atoms with Crippen LogP contribution in [-0.4, -0.2) is 0 Å². The number of benzene rings is 1. The van der Waals surface area contributed by atoms with Gasteiger partial charge in [0.25, 0.3) is 0 Å². The van der Waals surface area contributed by atoms with Crippen molar-refractivity contribution in [2.75, 3.05) is 0 Å². The second kappa shape index (κ2) is 5.90. The number of rotatable bonds is 2. The zero-order valence-corrected chi connectivity index (χ0v) is 11.1. The number of hydrogen-bond donors (Lipinski definition) is 1. The Hall–Kier alpha value is -1.11. The zero-order valence-electron chi connectivity index (χ0n) is 9.45. The molecule has 0 bridgehead atoms. The molecule has 0 saturated carbocycles. The van der Waals surface area contributed by atoms with E-state index in [9.17, 15) is 17.6 Å². The molecule has 0 aliphatic carbocycles. The summed E-state index contributed by atoms with van der Waals surface area (Å²) in [6.07, 6.45) is -4.62. The first-order valence-corrected chi connectivity index (χ1v) is 5.99. The van der Waals surface area contributed by atoms with E-state index in [4.69, 9.17) is 5.73 Å². The third-order valence-electron chi connectivity index (χ3n) is 2.57. The standard InChI is InChI=1S/C12H9F4NS.ClH/c13-9-3-1-2-8(12(14,15)16)10(9)11(17)7-4-5-18-6-7;/h1-6,11H,17H2;1H/t11-;/m0./s1. The maximum atomic E-state index is 13.6. The lowest BCUT2D eigenvalue weighted by atomic mass is 9.96. The van der Waals surface area contributed by atoms with Crippen molar-refractivity contribution in [1.82, 2.24) is 0 Å². The van der Waals surface area contributed by atoms with Crippen LogP contribution < -0.4 is 5.73 Å². The van der Waals surface area contributed by atoms with Gasteiger partial charge in [0.1, 0.15) is 5.82 Å². The second-order valence-electron chi connectivity index (χ2n) is 3.73. The van der Waals surface area contributed by atoms with Crippen molar-refractivity contribution in [2.24, 2.45) is 5.73 Å². The van der Waals surface area contributed by atoms with E-state index >= 15 is 0 Å². The summed E-state index contributed by atoms with van der Waals surface area (Å²) in [4.78, 5) is 0. The van der Waals surface area contributed by atoms with Crippen LogP contribution in [0.1, 0.15) is 22.7 Å². The highest BCUT2D eigenvalue weighted by Gasteiger charge is 2.36. The summed E-state index contributed by atoms with van der Waals surface area (Å²) in [6.45, 7) is 0. The summed E-state index contributed by atoms with van der Waals surface area (Å²) in [7, 11) is 0. The molecule has 0 radical (unpaired) electrons. The van der Waals surface area contributed by atoms with Gasteiger partial charge in [-0.15, -0.1) is 12.4 Å². The van der Waals surface area contributed by atoms with Crippen LogP contribution in [0.15, 0.2) is 35.0 Å². The van der Waals surface area contributed by atoms with Gasteiger partial charge in [-0.1, -0.05) is 6.07 Å². The van der Waals surface area contributed by atoms with Crippen LogP contribution in [0.5, 0.6) is 0 Å². The fraction of sp³-hybridized carbons (Fsp3) is 0.167. The Morgan fingerprint density at radius 1 is 1.16 bits per heavy atom. The van der Waals surface area contributed by atoms with Gasteiger partial charge in [-0.3, -0.25) is 0 Å². The third-order valence-corrected chi connectivity index (χ3v) is 3.27. The number of thiophene rings is 1. The van der Waals surface area contributed by atoms with Crippen LogP contribution in [0, 0.1) is 5.82 Å². The molecule has 1 heterocycles. The topological polar surface area (TPSA) is 26.0 Å². The molecular formula is C12H10ClF4NS. The van der Waals surface area contributed by atoms with Gasteiger partial charge in [-0.05, 0) is 34.5 Å². The fourth-order valence-corrected chi connectivity index (χ4v) is 2.42. The predicted octanol–water partition coefficient (Wildman–Crippen LogP) is 4.38. The average molecular weight is 312 g/mol. The molecule has 0 unspecified atom stereocenters. The van der Waals surface area contributed by atoms with E-state index < -0.39 is 29.2 Å². The minimum Gasteiger partial charge on any atom is -0.320 e. The number of nitrogens with two attached hydrogens (primary N) is 1. The first kappa shape index (κ1) is 15.9. The number of hydrogen-bond acceptors (Lipinski definition) is 2. The molecule has 1 nitrogen and oxygen atoms in total. The molecule has 7 heteroatoms. The Bertz CT molecular complexity index is 539. The van der Waals surface area contributed by atoms with E-state index in [-0.39, 0.29) is 12.4 Å². The molecule has 0 aliphatic rings. The summed E-state index contributed by atoms with van der Waals surface area (Å²) in [6, 6.07) is 3.32. The van der Waals surface area contributed by atoms with E-state index in [0.717, 1.165) is 18.2 Å². The van der Waals surface area contributed by atoms with Crippen molar-refractivity contribution in [1.29, 1.82) is 0 Å². The summed E-state index contributed by atoms with van der Waals surface area (Å²) in [5.41, 5.74) is 4.66. The Kier molecular flexibility index (Phi) is 4.95. The lowest BCUT2D eigenvalue weighted by molar-refractivity contribution is -0.138. The van der Waals surface area contributed by atoms with Crippen molar-refractivity contribution in [3.63, 3.8) is 0 Å². The van der Waals surface area contributed by atoms with Gasteiger partial charge in [0.05, 0.1) is 11.6 Å². The molecule has 1 aromatic carbocycles. The number of alkyl halides is 3. The Morgan fingerprint density at radius 2 is 1.84 bits per heavy atom. The fourth-order valence-electron chi connectivity index (χ4n) is 1.72. The van der Waals surface area contributed by atoms with Crippen LogP contribution in [0.2, 0.25) is 0 Å². The Labute approximate surface area is 117 Å². The first-order valence-electron chi connectivity index (χ1n) is 5.04. The van der Waals surface area contributed by atoms with Crippen molar-refractivity contribution in [3.8, 4) is 0 Å². The minimum atomic E-state index is -4.62. The van der Waals surface area contributed by atoms with Gasteiger partial charge in [0.2, 0.25) is 0 Å². The van der Waals surface area contributed by atoms with Crippen molar-refractivity contribution in [3.05, 3.63) is 57.5 Å². The zero-order chi connectivity index (χ0) is 13.3. The van der Waals surface area contributed by atoms with Crippen LogP contribution in [0.4, 0.5) is 17.6 Å². The number of halogens is 5. The molecule has 2 rings (SSSR count). The normalized spacial score (nSPS) is 12.9. The van der Waals surface area contributed by atoms with Gasteiger partial charge >= 0.3 is 6.18 Å². The molecule has 104 valence electrons. The highest BCUT2D eigenvalue weighted by Crippen LogP contribution is 2.37. The maximum absolute atomic E-state index is 13.6. The maximum Gasteiger partial charge on any atom is 0.416 e. The SMILES string of the molecule is Cl.N[C@@H](c1ccsc1)c1c(F)cccc1C(F)(F)F. The summed E-state index contributed by atoms with van der Waals surface area (Å²) in [5, 5.41) is 3.29. The molecule has 2 N–H and O–H groups in total. The lowest BCUT2D eigenvalue weighted by Gasteiger charge is -2.18. The molecule has 19 heavy (non-hydrogen) atoms. The highest BCUT2D eigenvalue weighted by molar-refractivity contribution is 7.08.